The van der Waals surface area contributed by atoms with Gasteiger partial charge in [-0.25, -0.2) is 0 Å². The number of rotatable bonds is 9. The van der Waals surface area contributed by atoms with Gasteiger partial charge >= 0.3 is 0 Å². The van der Waals surface area contributed by atoms with Gasteiger partial charge in [-0.2, -0.15) is 0 Å². The van der Waals surface area contributed by atoms with Gasteiger partial charge in [0.05, 0.1) is 43.3 Å². The second-order valence-corrected chi connectivity index (χ2v) is 8.16. The number of carbonyl (C=O) groups is 2. The van der Waals surface area contributed by atoms with Crippen LogP contribution >= 0.6 is 0 Å². The van der Waals surface area contributed by atoms with Crippen LogP contribution in [-0.4, -0.2) is 54.2 Å². The number of nitrogens with zero attached hydrogens (tertiary/aromatic N) is 1. The number of hydrogen-bond donors (Lipinski definition) is 3. The van der Waals surface area contributed by atoms with Crippen LogP contribution in [0.2, 0.25) is 0 Å². The zero-order chi connectivity index (χ0) is 24.8. The normalized spacial score (nSPS) is 17.6. The molecule has 0 unspecified atom stereocenters. The molecule has 1 aliphatic heterocycles. The van der Waals surface area contributed by atoms with Crippen molar-refractivity contribution < 1.29 is 28.9 Å². The van der Waals surface area contributed by atoms with Crippen molar-refractivity contribution in [2.24, 2.45) is 0 Å². The molecule has 0 fully saturated rings. The molecule has 0 spiro atoms. The molecule has 2 atom stereocenters. The summed E-state index contributed by atoms with van der Waals surface area (Å²) in [7, 11) is 0. The SMILES string of the molecule is CC(=O)n1cc([C@@H]2C=C(C(=O)Nc3ccccc3N)O[C@H](OCCOCCO)C2)c2ccccc21. The number of nitrogens with one attached hydrogen (secondary N) is 1. The Morgan fingerprint density at radius 3 is 2.69 bits per heavy atom. The number of hydrogen-bond acceptors (Lipinski definition) is 7. The monoisotopic (exact) mass is 479 g/mol. The molecule has 184 valence electrons. The van der Waals surface area contributed by atoms with Gasteiger partial charge in [0.25, 0.3) is 5.91 Å². The molecule has 1 aromatic heterocycles. The number of nitrogens with two attached hydrogens (primary N) is 1. The van der Waals surface area contributed by atoms with E-state index >= 15 is 0 Å². The second-order valence-electron chi connectivity index (χ2n) is 8.16. The highest BCUT2D eigenvalue weighted by Crippen LogP contribution is 2.36. The number of ether oxygens (including phenoxy) is 3. The molecule has 35 heavy (non-hydrogen) atoms. The van der Waals surface area contributed by atoms with Crippen molar-refractivity contribution in [2.75, 3.05) is 37.5 Å². The first-order valence-corrected chi connectivity index (χ1v) is 11.4. The van der Waals surface area contributed by atoms with Crippen LogP contribution < -0.4 is 11.1 Å². The summed E-state index contributed by atoms with van der Waals surface area (Å²) in [5.74, 6) is -0.695. The predicted octanol–water partition coefficient (Wildman–Crippen LogP) is 3.26. The number of anilines is 2. The molecular weight excluding hydrogens is 450 g/mol. The Bertz CT molecular complexity index is 1230. The fourth-order valence-corrected chi connectivity index (χ4v) is 4.10. The molecule has 9 nitrogen and oxygen atoms in total. The highest BCUT2D eigenvalue weighted by Gasteiger charge is 2.31. The first-order chi connectivity index (χ1) is 17.0. The van der Waals surface area contributed by atoms with Gasteiger partial charge in [0.2, 0.25) is 12.2 Å². The molecule has 0 saturated carbocycles. The molecule has 2 aromatic carbocycles. The minimum Gasteiger partial charge on any atom is -0.459 e. The molecule has 0 aliphatic carbocycles. The van der Waals surface area contributed by atoms with Crippen LogP contribution in [-0.2, 0) is 19.0 Å². The van der Waals surface area contributed by atoms with E-state index in [2.05, 4.69) is 5.32 Å². The average molecular weight is 480 g/mol. The Morgan fingerprint density at radius 2 is 1.91 bits per heavy atom. The fourth-order valence-electron chi connectivity index (χ4n) is 4.10. The van der Waals surface area contributed by atoms with E-state index in [1.807, 2.05) is 30.5 Å². The van der Waals surface area contributed by atoms with Crippen molar-refractivity contribution in [3.8, 4) is 0 Å². The molecule has 1 aliphatic rings. The third-order valence-electron chi connectivity index (χ3n) is 5.74. The van der Waals surface area contributed by atoms with Gasteiger partial charge in [-0.05, 0) is 29.8 Å². The lowest BCUT2D eigenvalue weighted by Gasteiger charge is -2.29. The number of allylic oxidation sites excluding steroid dienone is 1. The quantitative estimate of drug-likeness (QED) is 0.318. The lowest BCUT2D eigenvalue weighted by molar-refractivity contribution is -0.148. The molecule has 3 aromatic rings. The van der Waals surface area contributed by atoms with Crippen molar-refractivity contribution in [2.45, 2.75) is 25.6 Å². The molecular formula is C26H29N3O6. The average Bonchev–Trinajstić information content (AvgIpc) is 3.25. The third kappa shape index (κ3) is 5.71. The van der Waals surface area contributed by atoms with Gasteiger partial charge in [0.1, 0.15) is 0 Å². The van der Waals surface area contributed by atoms with E-state index in [1.54, 1.807) is 34.9 Å². The number of nitrogen functional groups attached to an aromatic ring is 1. The molecule has 1 amide bonds. The Morgan fingerprint density at radius 1 is 1.14 bits per heavy atom. The minimum atomic E-state index is -0.712. The van der Waals surface area contributed by atoms with Gasteiger partial charge in [-0.1, -0.05) is 30.3 Å². The number of para-hydroxylation sites is 3. The standard InChI is InChI=1S/C26H29N3O6/c1-17(31)29-16-20(19-6-2-5-9-23(19)29)18-14-24(26(32)28-22-8-4-3-7-21(22)27)35-25(15-18)34-13-12-33-11-10-30/h2-9,14,16,18,25,30H,10-13,15,27H2,1H3,(H,28,32)/t18-,25+/m1/s1. The van der Waals surface area contributed by atoms with Crippen molar-refractivity contribution >= 4 is 34.1 Å². The van der Waals surface area contributed by atoms with Crippen LogP contribution in [0.4, 0.5) is 11.4 Å². The number of benzene rings is 2. The van der Waals surface area contributed by atoms with E-state index < -0.39 is 12.2 Å². The van der Waals surface area contributed by atoms with Crippen molar-refractivity contribution in [1.29, 1.82) is 0 Å². The van der Waals surface area contributed by atoms with Gasteiger partial charge < -0.3 is 30.4 Å². The van der Waals surface area contributed by atoms with Crippen LogP contribution in [0.3, 0.4) is 0 Å². The smallest absolute Gasteiger partial charge is 0.290 e. The summed E-state index contributed by atoms with van der Waals surface area (Å²) in [5.41, 5.74) is 8.59. The number of carbonyl (C=O) groups excluding carboxylic acids is 2. The number of aliphatic hydroxyl groups is 1. The third-order valence-corrected chi connectivity index (χ3v) is 5.74. The largest absolute Gasteiger partial charge is 0.459 e. The van der Waals surface area contributed by atoms with Crippen molar-refractivity contribution in [3.63, 3.8) is 0 Å². The van der Waals surface area contributed by atoms with Gasteiger partial charge in [0, 0.05) is 30.8 Å². The first-order valence-electron chi connectivity index (χ1n) is 11.4. The maximum atomic E-state index is 13.1. The molecule has 4 rings (SSSR count). The number of aromatic nitrogens is 1. The predicted molar refractivity (Wildman–Crippen MR) is 132 cm³/mol. The number of aliphatic hydroxyl groups excluding tert-OH is 1. The highest BCUT2D eigenvalue weighted by molar-refractivity contribution is 6.04. The fraction of sp³-hybridized carbons (Fsp3) is 0.308. The number of amides is 1. The van der Waals surface area contributed by atoms with E-state index in [4.69, 9.17) is 25.1 Å². The molecule has 2 heterocycles. The summed E-state index contributed by atoms with van der Waals surface area (Å²) >= 11 is 0. The van der Waals surface area contributed by atoms with Crippen LogP contribution in [0.25, 0.3) is 10.9 Å². The van der Waals surface area contributed by atoms with Crippen molar-refractivity contribution in [1.82, 2.24) is 4.57 Å². The first kappa shape index (κ1) is 24.5. The van der Waals surface area contributed by atoms with Crippen LogP contribution in [0.5, 0.6) is 0 Å². The van der Waals surface area contributed by atoms with Gasteiger partial charge in [-0.15, -0.1) is 0 Å². The molecule has 0 saturated heterocycles. The Hall–Kier alpha value is -3.66. The lowest BCUT2D eigenvalue weighted by Crippen LogP contribution is -2.30. The maximum Gasteiger partial charge on any atom is 0.290 e. The van der Waals surface area contributed by atoms with Crippen LogP contribution in [0, 0.1) is 0 Å². The Labute approximate surface area is 203 Å². The Balaban J connectivity index is 1.63. The van der Waals surface area contributed by atoms with Crippen LogP contribution in [0.15, 0.2) is 66.6 Å². The molecule has 9 heteroatoms. The lowest BCUT2D eigenvalue weighted by atomic mass is 9.92. The van der Waals surface area contributed by atoms with E-state index in [0.717, 1.165) is 16.5 Å². The van der Waals surface area contributed by atoms with Crippen molar-refractivity contribution in [3.05, 3.63) is 72.1 Å². The maximum absolute atomic E-state index is 13.1. The van der Waals surface area contributed by atoms with E-state index in [-0.39, 0.29) is 44.0 Å². The van der Waals surface area contributed by atoms with E-state index in [1.165, 1.54) is 6.92 Å². The minimum absolute atomic E-state index is 0.0715. The highest BCUT2D eigenvalue weighted by atomic mass is 16.7. The molecule has 4 N–H and O–H groups in total. The summed E-state index contributed by atoms with van der Waals surface area (Å²) in [4.78, 5) is 25.4. The topological polar surface area (TPSA) is 125 Å². The summed E-state index contributed by atoms with van der Waals surface area (Å²) in [6.45, 7) is 2.16. The second kappa shape index (κ2) is 11.2. The van der Waals surface area contributed by atoms with Gasteiger partial charge in [0.15, 0.2) is 5.76 Å². The molecule has 0 radical (unpaired) electrons. The Kier molecular flexibility index (Phi) is 7.81. The number of fused-ring (bicyclic) bond motifs is 1. The molecule has 0 bridgehead atoms. The summed E-state index contributed by atoms with van der Waals surface area (Å²) in [6.07, 6.45) is 3.29. The zero-order valence-electron chi connectivity index (χ0n) is 19.5. The van der Waals surface area contributed by atoms with E-state index in [9.17, 15) is 9.59 Å². The summed E-state index contributed by atoms with van der Waals surface area (Å²) in [5, 5.41) is 12.6. The summed E-state index contributed by atoms with van der Waals surface area (Å²) < 4.78 is 18.6. The summed E-state index contributed by atoms with van der Waals surface area (Å²) in [6, 6.07) is 14.6. The van der Waals surface area contributed by atoms with Gasteiger partial charge in [-0.3, -0.25) is 14.2 Å². The van der Waals surface area contributed by atoms with Crippen LogP contribution in [0.1, 0.15) is 29.6 Å². The van der Waals surface area contributed by atoms with E-state index in [0.29, 0.717) is 17.8 Å². The zero-order valence-corrected chi connectivity index (χ0v) is 19.5.